The number of hydrogen-bond donors (Lipinski definition) is 0. The highest BCUT2D eigenvalue weighted by Crippen LogP contribution is 2.80. The number of fused-ring (bicyclic) bond motifs is 1. The third-order valence-electron chi connectivity index (χ3n) is 2.79. The number of carbonyl (C=O) groups is 1. The zero-order valence-corrected chi connectivity index (χ0v) is 3.92. The van der Waals surface area contributed by atoms with Crippen LogP contribution in [0.3, 0.4) is 0 Å². The molecular formula is C6H6O. The van der Waals surface area contributed by atoms with E-state index in [9.17, 15) is 4.79 Å². The van der Waals surface area contributed by atoms with Crippen molar-refractivity contribution in [2.24, 2.45) is 23.7 Å². The van der Waals surface area contributed by atoms with Crippen molar-refractivity contribution in [2.75, 3.05) is 0 Å². The predicted molar refractivity (Wildman–Crippen MR) is 23.6 cm³/mol. The van der Waals surface area contributed by atoms with Gasteiger partial charge in [-0.15, -0.1) is 0 Å². The molecule has 4 rings (SSSR count). The first-order valence-corrected chi connectivity index (χ1v) is 2.92. The maximum Gasteiger partial charge on any atom is 0.136 e. The van der Waals surface area contributed by atoms with E-state index < -0.39 is 0 Å². The maximum atomic E-state index is 10.6. The first-order valence-electron chi connectivity index (χ1n) is 2.92. The van der Waals surface area contributed by atoms with E-state index in [-0.39, 0.29) is 0 Å². The summed E-state index contributed by atoms with van der Waals surface area (Å²) >= 11 is 0. The largest absolute Gasteiger partial charge is 0.299 e. The number of rotatable bonds is 0. The Bertz CT molecular complexity index is 145. The van der Waals surface area contributed by atoms with E-state index in [1.54, 1.807) is 0 Å². The van der Waals surface area contributed by atoms with E-state index in [0.717, 1.165) is 24.2 Å². The third kappa shape index (κ3) is 0.136. The van der Waals surface area contributed by atoms with Crippen LogP contribution < -0.4 is 0 Å². The molecule has 4 saturated carbocycles. The van der Waals surface area contributed by atoms with Gasteiger partial charge in [0.25, 0.3) is 0 Å². The quantitative estimate of drug-likeness (QED) is 0.426. The summed E-state index contributed by atoms with van der Waals surface area (Å²) in [6.07, 6.45) is 0.944. The van der Waals surface area contributed by atoms with E-state index in [1.165, 1.54) is 0 Å². The van der Waals surface area contributed by atoms with E-state index in [4.69, 9.17) is 0 Å². The summed E-state index contributed by atoms with van der Waals surface area (Å²) in [6.45, 7) is 0. The number of ketones is 1. The topological polar surface area (TPSA) is 17.1 Å². The Morgan fingerprint density at radius 1 is 1.43 bits per heavy atom. The minimum absolute atomic E-state index is 0.569. The molecule has 0 heterocycles. The number of Topliss-reactive ketones (excluding diaryl/α,β-unsaturated/α-hetero) is 1. The van der Waals surface area contributed by atoms with Gasteiger partial charge < -0.3 is 0 Å². The molecular weight excluding hydrogens is 88.1 g/mol. The molecule has 1 nitrogen and oxygen atoms in total. The van der Waals surface area contributed by atoms with Gasteiger partial charge in [0.05, 0.1) is 0 Å². The second-order valence-electron chi connectivity index (χ2n) is 3.01. The van der Waals surface area contributed by atoms with E-state index in [1.807, 2.05) is 0 Å². The third-order valence-corrected chi connectivity index (χ3v) is 2.79. The van der Waals surface area contributed by atoms with Crippen molar-refractivity contribution in [3.63, 3.8) is 0 Å². The van der Waals surface area contributed by atoms with Crippen molar-refractivity contribution in [1.82, 2.24) is 0 Å². The van der Waals surface area contributed by atoms with Crippen LogP contribution in [0.5, 0.6) is 0 Å². The molecule has 0 aromatic heterocycles. The highest BCUT2D eigenvalue weighted by Gasteiger charge is 2.80. The van der Waals surface area contributed by atoms with Gasteiger partial charge in [0.1, 0.15) is 5.78 Å². The minimum Gasteiger partial charge on any atom is -0.299 e. The van der Waals surface area contributed by atoms with Gasteiger partial charge in [-0.25, -0.2) is 0 Å². The van der Waals surface area contributed by atoms with Gasteiger partial charge in [0.15, 0.2) is 0 Å². The Morgan fingerprint density at radius 3 is 2.29 bits per heavy atom. The molecule has 7 heavy (non-hydrogen) atoms. The Labute approximate surface area is 41.7 Å². The molecule has 0 spiro atoms. The molecule has 0 saturated heterocycles. The predicted octanol–water partition coefficient (Wildman–Crippen LogP) is 0.451. The van der Waals surface area contributed by atoms with Crippen molar-refractivity contribution < 1.29 is 4.79 Å². The molecule has 0 aliphatic heterocycles. The van der Waals surface area contributed by atoms with Gasteiger partial charge in [-0.1, -0.05) is 0 Å². The van der Waals surface area contributed by atoms with Gasteiger partial charge in [-0.2, -0.15) is 0 Å². The monoisotopic (exact) mass is 94.0 g/mol. The molecule has 4 fully saturated rings. The van der Waals surface area contributed by atoms with Crippen LogP contribution in [-0.2, 0) is 4.79 Å². The smallest absolute Gasteiger partial charge is 0.136 e. The molecule has 36 valence electrons. The summed E-state index contributed by atoms with van der Waals surface area (Å²) in [5.41, 5.74) is 0. The minimum atomic E-state index is 0.569. The van der Waals surface area contributed by atoms with E-state index in [2.05, 4.69) is 0 Å². The van der Waals surface area contributed by atoms with Crippen molar-refractivity contribution in [3.8, 4) is 0 Å². The van der Waals surface area contributed by atoms with Gasteiger partial charge in [0.2, 0.25) is 0 Å². The van der Waals surface area contributed by atoms with Gasteiger partial charge in [0, 0.05) is 12.3 Å². The fourth-order valence-electron chi connectivity index (χ4n) is 2.24. The van der Waals surface area contributed by atoms with Crippen LogP contribution in [0.4, 0.5) is 0 Å². The Balaban J connectivity index is 2.20. The summed E-state index contributed by atoms with van der Waals surface area (Å²) < 4.78 is 0. The summed E-state index contributed by atoms with van der Waals surface area (Å²) in [6, 6.07) is 0. The SMILES string of the molecule is O=C1CC2C3C1C23. The summed E-state index contributed by atoms with van der Waals surface area (Å²) in [4.78, 5) is 10.6. The zero-order valence-electron chi connectivity index (χ0n) is 3.92. The maximum absolute atomic E-state index is 10.6. The van der Waals surface area contributed by atoms with Crippen LogP contribution in [-0.4, -0.2) is 5.78 Å². The van der Waals surface area contributed by atoms with Crippen LogP contribution in [0, 0.1) is 23.7 Å². The lowest BCUT2D eigenvalue weighted by atomic mass is 10.2. The van der Waals surface area contributed by atoms with Crippen molar-refractivity contribution in [3.05, 3.63) is 0 Å². The van der Waals surface area contributed by atoms with Crippen LogP contribution in [0.25, 0.3) is 0 Å². The highest BCUT2D eigenvalue weighted by molar-refractivity contribution is 5.92. The average Bonchev–Trinajstić information content (AvgIpc) is 2.41. The Kier molecular flexibility index (Phi) is 0.205. The van der Waals surface area contributed by atoms with Crippen LogP contribution in [0.2, 0.25) is 0 Å². The number of carbonyl (C=O) groups excluding carboxylic acids is 1. The fraction of sp³-hybridized carbons (Fsp3) is 0.833. The van der Waals surface area contributed by atoms with Crippen molar-refractivity contribution >= 4 is 5.78 Å². The second kappa shape index (κ2) is 0.504. The molecule has 0 amide bonds. The lowest BCUT2D eigenvalue weighted by molar-refractivity contribution is -0.118. The molecule has 0 N–H and O–H groups in total. The molecule has 4 aliphatic rings. The van der Waals surface area contributed by atoms with E-state index in [0.29, 0.717) is 11.7 Å². The molecule has 0 radical (unpaired) electrons. The fourth-order valence-corrected chi connectivity index (χ4v) is 2.24. The normalized spacial score (nSPS) is 70.6. The Hall–Kier alpha value is -0.330. The molecule has 1 heteroatoms. The summed E-state index contributed by atoms with van der Waals surface area (Å²) in [7, 11) is 0. The van der Waals surface area contributed by atoms with Gasteiger partial charge in [-0.3, -0.25) is 4.79 Å². The highest BCUT2D eigenvalue weighted by atomic mass is 16.1. The summed E-state index contributed by atoms with van der Waals surface area (Å²) in [5, 5.41) is 0. The van der Waals surface area contributed by atoms with E-state index >= 15 is 0 Å². The molecule has 0 aromatic carbocycles. The zero-order chi connectivity index (χ0) is 4.59. The molecule has 2 atom stereocenters. The average molecular weight is 94.1 g/mol. The molecule has 0 aromatic rings. The molecule has 4 aliphatic carbocycles. The first kappa shape index (κ1) is 2.85. The number of hydrogen-bond acceptors (Lipinski definition) is 1. The standard InChI is InChI=1S/C6H6O/c7-3-1-2-4-5(2)6(3)4/h2,4-6H,1H2. The molecule has 2 unspecified atom stereocenters. The van der Waals surface area contributed by atoms with Gasteiger partial charge >= 0.3 is 0 Å². The first-order chi connectivity index (χ1) is 3.39. The van der Waals surface area contributed by atoms with Crippen molar-refractivity contribution in [1.29, 1.82) is 0 Å². The summed E-state index contributed by atoms with van der Waals surface area (Å²) in [5.74, 6) is 3.92. The van der Waals surface area contributed by atoms with Gasteiger partial charge in [-0.05, 0) is 17.8 Å². The van der Waals surface area contributed by atoms with Crippen molar-refractivity contribution in [2.45, 2.75) is 6.42 Å². The van der Waals surface area contributed by atoms with Crippen LogP contribution >= 0.6 is 0 Å². The molecule has 2 bridgehead atoms. The second-order valence-corrected chi connectivity index (χ2v) is 3.01. The Morgan fingerprint density at radius 2 is 2.14 bits per heavy atom. The van der Waals surface area contributed by atoms with Crippen LogP contribution in [0.15, 0.2) is 0 Å². The lowest BCUT2D eigenvalue weighted by Gasteiger charge is -1.81. The van der Waals surface area contributed by atoms with Crippen LogP contribution in [0.1, 0.15) is 6.42 Å². The lowest BCUT2D eigenvalue weighted by Crippen LogP contribution is -1.90.